The normalized spacial score (nSPS) is 24.1. The highest BCUT2D eigenvalue weighted by molar-refractivity contribution is 9.10. The first kappa shape index (κ1) is 15.2. The van der Waals surface area contributed by atoms with Gasteiger partial charge in [-0.15, -0.1) is 0 Å². The number of benzene rings is 1. The van der Waals surface area contributed by atoms with Crippen LogP contribution in [0.1, 0.15) is 37.9 Å². The number of hydrogen-bond acceptors (Lipinski definition) is 2. The fourth-order valence-electron chi connectivity index (χ4n) is 2.47. The van der Waals surface area contributed by atoms with Crippen LogP contribution in [0.3, 0.4) is 0 Å². The Morgan fingerprint density at radius 2 is 2.21 bits per heavy atom. The monoisotopic (exact) mass is 350 g/mol. The molecule has 1 unspecified atom stereocenters. The Morgan fingerprint density at radius 3 is 2.84 bits per heavy atom. The van der Waals surface area contributed by atoms with Crippen LogP contribution in [0.5, 0.6) is 0 Å². The van der Waals surface area contributed by atoms with E-state index in [4.69, 9.17) is 16.3 Å². The third kappa shape index (κ3) is 3.69. The van der Waals surface area contributed by atoms with Crippen molar-refractivity contribution in [1.82, 2.24) is 0 Å². The summed E-state index contributed by atoms with van der Waals surface area (Å²) >= 11 is 9.09. The fourth-order valence-corrected chi connectivity index (χ4v) is 2.96. The smallest absolute Gasteiger partial charge is 0.130 e. The number of hydrogen-bond donors (Lipinski definition) is 1. The molecule has 2 nitrogen and oxygen atoms in total. The molecule has 2 rings (SSSR count). The maximum atomic E-state index is 13.8. The van der Waals surface area contributed by atoms with Crippen LogP contribution in [0.25, 0.3) is 0 Å². The average molecular weight is 352 g/mol. The van der Waals surface area contributed by atoms with Crippen molar-refractivity contribution in [2.45, 2.75) is 38.4 Å². The first-order valence-electron chi connectivity index (χ1n) is 6.45. The molecule has 0 heterocycles. The van der Waals surface area contributed by atoms with E-state index in [-0.39, 0.29) is 5.56 Å². The lowest BCUT2D eigenvalue weighted by molar-refractivity contribution is -0.0382. The third-order valence-corrected chi connectivity index (χ3v) is 4.75. The van der Waals surface area contributed by atoms with E-state index in [0.29, 0.717) is 27.9 Å². The molecule has 1 aliphatic rings. The SMILES string of the molecule is CCOC1CC(CC(O)c2cc(Cl)c(Br)cc2F)C1. The number of aliphatic hydroxyl groups is 1. The largest absolute Gasteiger partial charge is 0.388 e. The van der Waals surface area contributed by atoms with E-state index in [1.165, 1.54) is 12.1 Å². The summed E-state index contributed by atoms with van der Waals surface area (Å²) in [7, 11) is 0. The lowest BCUT2D eigenvalue weighted by Crippen LogP contribution is -2.32. The summed E-state index contributed by atoms with van der Waals surface area (Å²) in [4.78, 5) is 0. The molecule has 1 fully saturated rings. The maximum absolute atomic E-state index is 13.8. The van der Waals surface area contributed by atoms with Crippen molar-refractivity contribution < 1.29 is 14.2 Å². The fraction of sp³-hybridized carbons (Fsp3) is 0.571. The Bertz CT molecular complexity index is 449. The van der Waals surface area contributed by atoms with Crippen molar-refractivity contribution in [3.8, 4) is 0 Å². The van der Waals surface area contributed by atoms with Gasteiger partial charge in [-0.05, 0) is 60.2 Å². The molecule has 1 N–H and O–H groups in total. The Morgan fingerprint density at radius 1 is 1.53 bits per heavy atom. The van der Waals surface area contributed by atoms with E-state index < -0.39 is 11.9 Å². The molecule has 1 atom stereocenters. The Balaban J connectivity index is 1.94. The summed E-state index contributed by atoms with van der Waals surface area (Å²) in [6.07, 6.45) is 1.94. The summed E-state index contributed by atoms with van der Waals surface area (Å²) in [5, 5.41) is 10.5. The third-order valence-electron chi connectivity index (χ3n) is 3.55. The van der Waals surface area contributed by atoms with Crippen LogP contribution in [0.2, 0.25) is 5.02 Å². The highest BCUT2D eigenvalue weighted by Gasteiger charge is 2.32. The molecule has 0 radical (unpaired) electrons. The molecule has 1 aliphatic carbocycles. The van der Waals surface area contributed by atoms with E-state index in [1.807, 2.05) is 6.92 Å². The summed E-state index contributed by atoms with van der Waals surface area (Å²) < 4.78 is 19.8. The Labute approximate surface area is 126 Å². The van der Waals surface area contributed by atoms with Gasteiger partial charge in [0.05, 0.1) is 17.2 Å². The van der Waals surface area contributed by atoms with E-state index >= 15 is 0 Å². The molecule has 19 heavy (non-hydrogen) atoms. The Kier molecular flexibility index (Phi) is 5.23. The van der Waals surface area contributed by atoms with Crippen LogP contribution in [-0.4, -0.2) is 17.8 Å². The van der Waals surface area contributed by atoms with E-state index in [1.54, 1.807) is 0 Å². The summed E-state index contributed by atoms with van der Waals surface area (Å²) in [6.45, 7) is 2.69. The van der Waals surface area contributed by atoms with Gasteiger partial charge in [0.15, 0.2) is 0 Å². The minimum Gasteiger partial charge on any atom is -0.388 e. The molecule has 1 aromatic rings. The molecule has 1 saturated carbocycles. The quantitative estimate of drug-likeness (QED) is 0.793. The highest BCUT2D eigenvalue weighted by Crippen LogP contribution is 2.38. The van der Waals surface area contributed by atoms with Crippen LogP contribution < -0.4 is 0 Å². The highest BCUT2D eigenvalue weighted by atomic mass is 79.9. The molecule has 0 spiro atoms. The molecule has 0 aliphatic heterocycles. The van der Waals surface area contributed by atoms with Gasteiger partial charge in [-0.3, -0.25) is 0 Å². The van der Waals surface area contributed by atoms with Gasteiger partial charge in [0.2, 0.25) is 0 Å². The van der Waals surface area contributed by atoms with Gasteiger partial charge in [0.25, 0.3) is 0 Å². The second-order valence-electron chi connectivity index (χ2n) is 4.95. The molecular formula is C14H17BrClFO2. The summed E-state index contributed by atoms with van der Waals surface area (Å²) in [5.41, 5.74) is 0.271. The van der Waals surface area contributed by atoms with Crippen molar-refractivity contribution in [2.75, 3.05) is 6.61 Å². The van der Waals surface area contributed by atoms with Crippen LogP contribution in [0.15, 0.2) is 16.6 Å². The molecule has 0 amide bonds. The minimum absolute atomic E-state index is 0.271. The standard InChI is InChI=1S/C14H17BrClFO2/c1-2-19-9-3-8(4-9)5-14(18)10-6-12(16)11(15)7-13(10)17/h6-9,14,18H,2-5H2,1H3. The van der Waals surface area contributed by atoms with E-state index in [9.17, 15) is 9.50 Å². The average Bonchev–Trinajstić information content (AvgIpc) is 2.31. The Hall–Kier alpha value is -0.160. The molecule has 1 aromatic carbocycles. The predicted molar refractivity (Wildman–Crippen MR) is 76.8 cm³/mol. The predicted octanol–water partition coefficient (Wildman–Crippen LogP) is 4.48. The van der Waals surface area contributed by atoms with Crippen molar-refractivity contribution in [3.63, 3.8) is 0 Å². The van der Waals surface area contributed by atoms with Crippen molar-refractivity contribution >= 4 is 27.5 Å². The molecule has 0 bridgehead atoms. The number of aliphatic hydroxyl groups excluding tert-OH is 1. The number of ether oxygens (including phenoxy) is 1. The summed E-state index contributed by atoms with van der Waals surface area (Å²) in [6, 6.07) is 2.79. The lowest BCUT2D eigenvalue weighted by atomic mass is 9.78. The zero-order valence-electron chi connectivity index (χ0n) is 10.7. The lowest BCUT2D eigenvalue weighted by Gasteiger charge is -2.36. The van der Waals surface area contributed by atoms with Crippen molar-refractivity contribution in [1.29, 1.82) is 0 Å². The maximum Gasteiger partial charge on any atom is 0.130 e. The molecule has 106 valence electrons. The van der Waals surface area contributed by atoms with Crippen molar-refractivity contribution in [2.24, 2.45) is 5.92 Å². The van der Waals surface area contributed by atoms with Gasteiger partial charge in [-0.1, -0.05) is 11.6 Å². The van der Waals surface area contributed by atoms with Crippen LogP contribution in [-0.2, 0) is 4.74 Å². The van der Waals surface area contributed by atoms with Crippen LogP contribution in [0, 0.1) is 11.7 Å². The van der Waals surface area contributed by atoms with E-state index in [2.05, 4.69) is 15.9 Å². The molecule has 0 saturated heterocycles. The zero-order chi connectivity index (χ0) is 14.0. The van der Waals surface area contributed by atoms with Gasteiger partial charge in [-0.25, -0.2) is 4.39 Å². The first-order chi connectivity index (χ1) is 9.01. The van der Waals surface area contributed by atoms with Gasteiger partial charge in [0, 0.05) is 16.6 Å². The van der Waals surface area contributed by atoms with Gasteiger partial charge < -0.3 is 9.84 Å². The van der Waals surface area contributed by atoms with Gasteiger partial charge in [0.1, 0.15) is 5.82 Å². The van der Waals surface area contributed by atoms with Gasteiger partial charge in [-0.2, -0.15) is 0 Å². The zero-order valence-corrected chi connectivity index (χ0v) is 13.0. The topological polar surface area (TPSA) is 29.5 Å². The second-order valence-corrected chi connectivity index (χ2v) is 6.22. The molecule has 5 heteroatoms. The van der Waals surface area contributed by atoms with E-state index in [0.717, 1.165) is 19.4 Å². The van der Waals surface area contributed by atoms with Crippen LogP contribution in [0.4, 0.5) is 4.39 Å². The van der Waals surface area contributed by atoms with Crippen LogP contribution >= 0.6 is 27.5 Å². The van der Waals surface area contributed by atoms with Gasteiger partial charge >= 0.3 is 0 Å². The first-order valence-corrected chi connectivity index (χ1v) is 7.62. The molecular weight excluding hydrogens is 335 g/mol. The summed E-state index contributed by atoms with van der Waals surface area (Å²) in [5.74, 6) is -0.0298. The second kappa shape index (κ2) is 6.53. The molecule has 0 aromatic heterocycles. The number of rotatable bonds is 5. The van der Waals surface area contributed by atoms with Crippen molar-refractivity contribution in [3.05, 3.63) is 33.0 Å². The number of halogens is 3. The minimum atomic E-state index is -0.807.